The van der Waals surface area contributed by atoms with Crippen molar-refractivity contribution in [1.82, 2.24) is 4.90 Å². The Bertz CT molecular complexity index is 656. The quantitative estimate of drug-likeness (QED) is 0.880. The maximum Gasteiger partial charge on any atom is 0.253 e. The van der Waals surface area contributed by atoms with Crippen molar-refractivity contribution in [3.8, 4) is 5.75 Å². The Morgan fingerprint density at radius 1 is 1.24 bits per heavy atom. The fraction of sp³-hybridized carbons (Fsp3) is 0.188. The van der Waals surface area contributed by atoms with Gasteiger partial charge in [0, 0.05) is 25.2 Å². The summed E-state index contributed by atoms with van der Waals surface area (Å²) in [6.07, 6.45) is 0. The zero-order valence-corrected chi connectivity index (χ0v) is 12.0. The summed E-state index contributed by atoms with van der Waals surface area (Å²) >= 11 is 0. The first-order chi connectivity index (χ1) is 9.99. The van der Waals surface area contributed by atoms with E-state index in [0.717, 1.165) is 0 Å². The van der Waals surface area contributed by atoms with Crippen LogP contribution in [0.3, 0.4) is 0 Å². The number of ether oxygens (including phenoxy) is 1. The van der Waals surface area contributed by atoms with Gasteiger partial charge in [0.1, 0.15) is 18.2 Å². The highest BCUT2D eigenvalue weighted by Crippen LogP contribution is 2.24. The zero-order chi connectivity index (χ0) is 15.4. The van der Waals surface area contributed by atoms with Crippen molar-refractivity contribution in [2.45, 2.75) is 6.61 Å². The third-order valence-electron chi connectivity index (χ3n) is 3.00. The molecule has 0 radical (unpaired) electrons. The second-order valence-electron chi connectivity index (χ2n) is 4.83. The summed E-state index contributed by atoms with van der Waals surface area (Å²) in [4.78, 5) is 13.3. The Morgan fingerprint density at radius 2 is 1.95 bits per heavy atom. The summed E-state index contributed by atoms with van der Waals surface area (Å²) in [6, 6.07) is 11.2. The van der Waals surface area contributed by atoms with Crippen molar-refractivity contribution in [2.24, 2.45) is 0 Å². The van der Waals surface area contributed by atoms with Gasteiger partial charge in [-0.1, -0.05) is 18.2 Å². The molecule has 0 heterocycles. The molecule has 1 amide bonds. The summed E-state index contributed by atoms with van der Waals surface area (Å²) in [6.45, 7) is 0.0812. The molecule has 0 aliphatic carbocycles. The monoisotopic (exact) mass is 288 g/mol. The third-order valence-corrected chi connectivity index (χ3v) is 3.00. The van der Waals surface area contributed by atoms with Crippen LogP contribution in [0, 0.1) is 5.82 Å². The lowest BCUT2D eigenvalue weighted by Gasteiger charge is -2.13. The molecule has 0 spiro atoms. The summed E-state index contributed by atoms with van der Waals surface area (Å²) in [5, 5.41) is 0. The van der Waals surface area contributed by atoms with E-state index in [-0.39, 0.29) is 18.3 Å². The number of nitrogens with two attached hydrogens (primary N) is 1. The van der Waals surface area contributed by atoms with Gasteiger partial charge < -0.3 is 15.4 Å². The van der Waals surface area contributed by atoms with Crippen LogP contribution < -0.4 is 10.5 Å². The Kier molecular flexibility index (Phi) is 4.42. The van der Waals surface area contributed by atoms with Crippen molar-refractivity contribution < 1.29 is 13.9 Å². The van der Waals surface area contributed by atoms with Crippen LogP contribution in [0.4, 0.5) is 10.1 Å². The lowest BCUT2D eigenvalue weighted by Crippen LogP contribution is -2.21. The number of carbonyl (C=O) groups excluding carboxylic acids is 1. The molecule has 0 aromatic heterocycles. The van der Waals surface area contributed by atoms with E-state index in [4.69, 9.17) is 10.5 Å². The summed E-state index contributed by atoms with van der Waals surface area (Å²) in [7, 11) is 3.34. The molecule has 0 saturated carbocycles. The molecular formula is C16H17FN2O2. The lowest BCUT2D eigenvalue weighted by atomic mass is 10.1. The number of carbonyl (C=O) groups is 1. The smallest absolute Gasteiger partial charge is 0.253 e. The van der Waals surface area contributed by atoms with Crippen LogP contribution >= 0.6 is 0 Å². The molecule has 0 bridgehead atoms. The molecule has 110 valence electrons. The molecule has 2 aromatic carbocycles. The van der Waals surface area contributed by atoms with Crippen LogP contribution in [0.1, 0.15) is 15.9 Å². The van der Waals surface area contributed by atoms with Crippen LogP contribution in [-0.2, 0) is 6.61 Å². The first-order valence-corrected chi connectivity index (χ1v) is 6.46. The van der Waals surface area contributed by atoms with Crippen molar-refractivity contribution in [3.05, 3.63) is 59.4 Å². The Labute approximate surface area is 122 Å². The number of rotatable bonds is 4. The molecule has 0 aliphatic heterocycles. The number of halogens is 1. The maximum absolute atomic E-state index is 13.5. The second-order valence-corrected chi connectivity index (χ2v) is 4.83. The average molecular weight is 288 g/mol. The largest absolute Gasteiger partial charge is 0.487 e. The molecule has 5 heteroatoms. The molecule has 0 unspecified atom stereocenters. The topological polar surface area (TPSA) is 55.6 Å². The first-order valence-electron chi connectivity index (χ1n) is 6.46. The van der Waals surface area contributed by atoms with Gasteiger partial charge in [0.05, 0.1) is 5.69 Å². The Hall–Kier alpha value is -2.56. The van der Waals surface area contributed by atoms with Crippen molar-refractivity contribution in [3.63, 3.8) is 0 Å². The Balaban J connectivity index is 2.12. The number of hydrogen-bond donors (Lipinski definition) is 1. The number of amides is 1. The van der Waals surface area contributed by atoms with E-state index in [1.54, 1.807) is 50.5 Å². The molecule has 0 saturated heterocycles. The van der Waals surface area contributed by atoms with E-state index in [1.807, 2.05) is 0 Å². The number of benzene rings is 2. The summed E-state index contributed by atoms with van der Waals surface area (Å²) in [5.74, 6) is -0.0357. The van der Waals surface area contributed by atoms with E-state index < -0.39 is 0 Å². The third kappa shape index (κ3) is 3.51. The molecule has 4 nitrogen and oxygen atoms in total. The first kappa shape index (κ1) is 14.8. The standard InChI is InChI=1S/C16H17FN2O2/c1-19(2)16(20)11-7-8-15(14(18)9-11)21-10-12-5-3-4-6-13(12)17/h3-9H,10,18H2,1-2H3. The fourth-order valence-electron chi connectivity index (χ4n) is 1.84. The SMILES string of the molecule is CN(C)C(=O)c1ccc(OCc2ccccc2F)c(N)c1. The van der Waals surface area contributed by atoms with Crippen LogP contribution in [0.25, 0.3) is 0 Å². The van der Waals surface area contributed by atoms with E-state index in [1.165, 1.54) is 11.0 Å². The van der Waals surface area contributed by atoms with Crippen molar-refractivity contribution in [1.29, 1.82) is 0 Å². The van der Waals surface area contributed by atoms with Gasteiger partial charge in [-0.2, -0.15) is 0 Å². The minimum atomic E-state index is -0.324. The molecule has 2 rings (SSSR count). The van der Waals surface area contributed by atoms with Crippen LogP contribution in [0.2, 0.25) is 0 Å². The number of nitrogens with zero attached hydrogens (tertiary/aromatic N) is 1. The predicted octanol–water partition coefficient (Wildman–Crippen LogP) is 2.69. The molecule has 2 N–H and O–H groups in total. The minimum Gasteiger partial charge on any atom is -0.487 e. The molecule has 21 heavy (non-hydrogen) atoms. The van der Waals surface area contributed by atoms with Crippen LogP contribution in [-0.4, -0.2) is 24.9 Å². The van der Waals surface area contributed by atoms with Crippen molar-refractivity contribution in [2.75, 3.05) is 19.8 Å². The number of hydrogen-bond acceptors (Lipinski definition) is 3. The van der Waals surface area contributed by atoms with Gasteiger partial charge in [0.2, 0.25) is 0 Å². The van der Waals surface area contributed by atoms with E-state index in [2.05, 4.69) is 0 Å². The predicted molar refractivity (Wildman–Crippen MR) is 79.6 cm³/mol. The lowest BCUT2D eigenvalue weighted by molar-refractivity contribution is 0.0827. The molecule has 0 fully saturated rings. The van der Waals surface area contributed by atoms with Crippen LogP contribution in [0.15, 0.2) is 42.5 Å². The molecular weight excluding hydrogens is 271 g/mol. The van der Waals surface area contributed by atoms with Gasteiger partial charge in [0.25, 0.3) is 5.91 Å². The average Bonchev–Trinajstić information content (AvgIpc) is 2.46. The van der Waals surface area contributed by atoms with E-state index in [0.29, 0.717) is 22.6 Å². The summed E-state index contributed by atoms with van der Waals surface area (Å²) in [5.41, 5.74) is 7.15. The molecule has 2 aromatic rings. The highest BCUT2D eigenvalue weighted by molar-refractivity contribution is 5.95. The van der Waals surface area contributed by atoms with Gasteiger partial charge >= 0.3 is 0 Å². The highest BCUT2D eigenvalue weighted by atomic mass is 19.1. The second kappa shape index (κ2) is 6.26. The van der Waals surface area contributed by atoms with Crippen LogP contribution in [0.5, 0.6) is 5.75 Å². The molecule has 0 atom stereocenters. The maximum atomic E-state index is 13.5. The minimum absolute atomic E-state index is 0.0812. The van der Waals surface area contributed by atoms with E-state index in [9.17, 15) is 9.18 Å². The van der Waals surface area contributed by atoms with E-state index >= 15 is 0 Å². The number of anilines is 1. The van der Waals surface area contributed by atoms with Gasteiger partial charge in [-0.3, -0.25) is 4.79 Å². The zero-order valence-electron chi connectivity index (χ0n) is 12.0. The van der Waals surface area contributed by atoms with Crippen molar-refractivity contribution >= 4 is 11.6 Å². The highest BCUT2D eigenvalue weighted by Gasteiger charge is 2.11. The Morgan fingerprint density at radius 3 is 2.57 bits per heavy atom. The van der Waals surface area contributed by atoms with Gasteiger partial charge in [-0.25, -0.2) is 4.39 Å². The van der Waals surface area contributed by atoms with Gasteiger partial charge in [-0.05, 0) is 24.3 Å². The van der Waals surface area contributed by atoms with Gasteiger partial charge in [-0.15, -0.1) is 0 Å². The van der Waals surface area contributed by atoms with Gasteiger partial charge in [0.15, 0.2) is 0 Å². The summed E-state index contributed by atoms with van der Waals surface area (Å²) < 4.78 is 19.0. The normalized spacial score (nSPS) is 10.2. The number of nitrogen functional groups attached to an aromatic ring is 1. The molecule has 0 aliphatic rings. The fourth-order valence-corrected chi connectivity index (χ4v) is 1.84.